The summed E-state index contributed by atoms with van der Waals surface area (Å²) in [7, 11) is 1.42. The standard InChI is InChI=1S/C22H16FN3O6/c1-31-19-8-6-14(26(29)30)10-16(19)20-9-7-15(32-20)11-18-21(27)25(22(28)24-18)12-13-4-2-3-5-17(13)23/h2-11H,12H2,1H3,(H,24,28)/b18-11+. The highest BCUT2D eigenvalue weighted by Gasteiger charge is 2.34. The zero-order valence-electron chi connectivity index (χ0n) is 16.7. The molecule has 3 amide bonds. The smallest absolute Gasteiger partial charge is 0.329 e. The Morgan fingerprint density at radius 1 is 1.19 bits per heavy atom. The van der Waals surface area contributed by atoms with Crippen molar-refractivity contribution in [1.82, 2.24) is 10.2 Å². The molecule has 2 aromatic carbocycles. The van der Waals surface area contributed by atoms with Crippen molar-refractivity contribution in [2.75, 3.05) is 7.11 Å². The number of benzene rings is 2. The maximum absolute atomic E-state index is 13.9. The fourth-order valence-corrected chi connectivity index (χ4v) is 3.23. The Labute approximate surface area is 180 Å². The number of furan rings is 1. The highest BCUT2D eigenvalue weighted by atomic mass is 19.1. The molecule has 3 aromatic rings. The SMILES string of the molecule is COc1ccc([N+](=O)[O-])cc1-c1ccc(/C=C2/NC(=O)N(Cc3ccccc3F)C2=O)o1. The summed E-state index contributed by atoms with van der Waals surface area (Å²) < 4.78 is 24.8. The van der Waals surface area contributed by atoms with E-state index in [-0.39, 0.29) is 35.0 Å². The molecule has 1 N–H and O–H groups in total. The second kappa shape index (κ2) is 8.34. The number of non-ortho nitro benzene ring substituents is 1. The first kappa shape index (κ1) is 20.8. The Morgan fingerprint density at radius 3 is 2.69 bits per heavy atom. The van der Waals surface area contributed by atoms with E-state index in [1.165, 1.54) is 49.6 Å². The summed E-state index contributed by atoms with van der Waals surface area (Å²) in [4.78, 5) is 36.3. The van der Waals surface area contributed by atoms with Crippen molar-refractivity contribution in [3.63, 3.8) is 0 Å². The number of carbonyl (C=O) groups excluding carboxylic acids is 2. The van der Waals surface area contributed by atoms with E-state index >= 15 is 0 Å². The third-order valence-corrected chi connectivity index (χ3v) is 4.82. The summed E-state index contributed by atoms with van der Waals surface area (Å²) in [5, 5.41) is 13.5. The topological polar surface area (TPSA) is 115 Å². The van der Waals surface area contributed by atoms with Crippen molar-refractivity contribution >= 4 is 23.7 Å². The van der Waals surface area contributed by atoms with Crippen LogP contribution in [0.2, 0.25) is 0 Å². The van der Waals surface area contributed by atoms with Gasteiger partial charge in [0.1, 0.15) is 28.8 Å². The van der Waals surface area contributed by atoms with Gasteiger partial charge in [-0.2, -0.15) is 0 Å². The van der Waals surface area contributed by atoms with Gasteiger partial charge in [-0.1, -0.05) is 18.2 Å². The molecule has 0 atom stereocenters. The van der Waals surface area contributed by atoms with E-state index in [9.17, 15) is 24.1 Å². The van der Waals surface area contributed by atoms with Gasteiger partial charge in [0.25, 0.3) is 11.6 Å². The summed E-state index contributed by atoms with van der Waals surface area (Å²) in [6.45, 7) is -0.219. The lowest BCUT2D eigenvalue weighted by atomic mass is 10.1. The minimum absolute atomic E-state index is 0.0433. The van der Waals surface area contributed by atoms with Crippen molar-refractivity contribution in [3.8, 4) is 17.1 Å². The molecule has 1 fully saturated rings. The van der Waals surface area contributed by atoms with Gasteiger partial charge < -0.3 is 14.5 Å². The molecule has 0 spiro atoms. The van der Waals surface area contributed by atoms with Crippen LogP contribution in [-0.2, 0) is 11.3 Å². The second-order valence-electron chi connectivity index (χ2n) is 6.81. The number of nitrogens with one attached hydrogen (secondary N) is 1. The molecule has 0 saturated carbocycles. The molecular formula is C22H16FN3O6. The quantitative estimate of drug-likeness (QED) is 0.269. The first-order chi connectivity index (χ1) is 15.4. The van der Waals surface area contributed by atoms with Crippen LogP contribution in [0, 0.1) is 15.9 Å². The van der Waals surface area contributed by atoms with Crippen LogP contribution in [-0.4, -0.2) is 28.9 Å². The van der Waals surface area contributed by atoms with Gasteiger partial charge in [0.2, 0.25) is 0 Å². The number of imide groups is 1. The number of hydrogen-bond acceptors (Lipinski definition) is 6. The molecule has 1 aliphatic rings. The molecule has 162 valence electrons. The number of urea groups is 1. The molecule has 0 radical (unpaired) electrons. The largest absolute Gasteiger partial charge is 0.496 e. The van der Waals surface area contributed by atoms with Crippen LogP contribution in [0.25, 0.3) is 17.4 Å². The fraction of sp³-hybridized carbons (Fsp3) is 0.0909. The summed E-state index contributed by atoms with van der Waals surface area (Å²) in [6, 6.07) is 12.4. The van der Waals surface area contributed by atoms with Crippen LogP contribution >= 0.6 is 0 Å². The third kappa shape index (κ3) is 3.93. The molecule has 1 aromatic heterocycles. The van der Waals surface area contributed by atoms with Crippen molar-refractivity contribution in [1.29, 1.82) is 0 Å². The number of nitrogens with zero attached hydrogens (tertiary/aromatic N) is 2. The Bertz CT molecular complexity index is 1270. The van der Waals surface area contributed by atoms with Crippen LogP contribution in [0.15, 0.2) is 64.7 Å². The van der Waals surface area contributed by atoms with Gasteiger partial charge in [-0.25, -0.2) is 9.18 Å². The van der Waals surface area contributed by atoms with Gasteiger partial charge in [-0.05, 0) is 24.3 Å². The number of nitro groups is 1. The maximum atomic E-state index is 13.9. The van der Waals surface area contributed by atoms with Crippen LogP contribution in [0.1, 0.15) is 11.3 Å². The molecule has 4 rings (SSSR count). The molecule has 2 heterocycles. The molecule has 32 heavy (non-hydrogen) atoms. The summed E-state index contributed by atoms with van der Waals surface area (Å²) in [5.74, 6) is -0.288. The van der Waals surface area contributed by atoms with Gasteiger partial charge in [0.15, 0.2) is 0 Å². The number of carbonyl (C=O) groups is 2. The lowest BCUT2D eigenvalue weighted by molar-refractivity contribution is -0.384. The Balaban J connectivity index is 1.59. The van der Waals surface area contributed by atoms with Crippen LogP contribution in [0.5, 0.6) is 5.75 Å². The number of methoxy groups -OCH3 is 1. The van der Waals surface area contributed by atoms with Crippen LogP contribution < -0.4 is 10.1 Å². The predicted octanol–water partition coefficient (Wildman–Crippen LogP) is 4.10. The lowest BCUT2D eigenvalue weighted by Crippen LogP contribution is -2.30. The van der Waals surface area contributed by atoms with E-state index in [2.05, 4.69) is 5.32 Å². The number of rotatable bonds is 6. The van der Waals surface area contributed by atoms with Crippen LogP contribution in [0.4, 0.5) is 14.9 Å². The second-order valence-corrected chi connectivity index (χ2v) is 6.81. The number of nitro benzene ring substituents is 1. The van der Waals surface area contributed by atoms with E-state index in [1.807, 2.05) is 0 Å². The third-order valence-electron chi connectivity index (χ3n) is 4.82. The highest BCUT2D eigenvalue weighted by molar-refractivity contribution is 6.13. The van der Waals surface area contributed by atoms with E-state index in [1.54, 1.807) is 18.2 Å². The fourth-order valence-electron chi connectivity index (χ4n) is 3.23. The number of amides is 3. The van der Waals surface area contributed by atoms with Crippen molar-refractivity contribution in [2.45, 2.75) is 6.54 Å². The van der Waals surface area contributed by atoms with Crippen molar-refractivity contribution < 1.29 is 28.1 Å². The Hall–Kier alpha value is -4.47. The average molecular weight is 437 g/mol. The monoisotopic (exact) mass is 437 g/mol. The Kier molecular flexibility index (Phi) is 5.42. The van der Waals surface area contributed by atoms with Gasteiger partial charge >= 0.3 is 6.03 Å². The lowest BCUT2D eigenvalue weighted by Gasteiger charge is -2.12. The Morgan fingerprint density at radius 2 is 1.97 bits per heavy atom. The molecule has 0 bridgehead atoms. The van der Waals surface area contributed by atoms with Crippen molar-refractivity contribution in [3.05, 3.63) is 87.5 Å². The minimum Gasteiger partial charge on any atom is -0.496 e. The van der Waals surface area contributed by atoms with Gasteiger partial charge in [0, 0.05) is 23.8 Å². The predicted molar refractivity (Wildman–Crippen MR) is 111 cm³/mol. The van der Waals surface area contributed by atoms with Gasteiger partial charge in [0.05, 0.1) is 24.1 Å². The van der Waals surface area contributed by atoms with E-state index in [0.29, 0.717) is 11.3 Å². The molecule has 1 aliphatic heterocycles. The van der Waals surface area contributed by atoms with Crippen LogP contribution in [0.3, 0.4) is 0 Å². The first-order valence-electron chi connectivity index (χ1n) is 9.38. The summed E-state index contributed by atoms with van der Waals surface area (Å²) >= 11 is 0. The highest BCUT2D eigenvalue weighted by Crippen LogP contribution is 2.35. The van der Waals surface area contributed by atoms with Crippen molar-refractivity contribution in [2.24, 2.45) is 0 Å². The maximum Gasteiger partial charge on any atom is 0.329 e. The van der Waals surface area contributed by atoms with E-state index in [0.717, 1.165) is 4.90 Å². The molecule has 0 aliphatic carbocycles. The average Bonchev–Trinajstić information content (AvgIpc) is 3.35. The number of ether oxygens (including phenoxy) is 1. The molecular weight excluding hydrogens is 421 g/mol. The number of halogens is 1. The zero-order chi connectivity index (χ0) is 22.8. The zero-order valence-corrected chi connectivity index (χ0v) is 16.7. The van der Waals surface area contributed by atoms with Gasteiger partial charge in [-0.3, -0.25) is 19.8 Å². The van der Waals surface area contributed by atoms with Gasteiger partial charge in [-0.15, -0.1) is 0 Å². The van der Waals surface area contributed by atoms with E-state index in [4.69, 9.17) is 9.15 Å². The molecule has 10 heteroatoms. The normalized spacial score (nSPS) is 14.7. The summed E-state index contributed by atoms with van der Waals surface area (Å²) in [5.41, 5.74) is 0.377. The summed E-state index contributed by atoms with van der Waals surface area (Å²) in [6.07, 6.45) is 1.33. The first-order valence-corrected chi connectivity index (χ1v) is 9.38. The minimum atomic E-state index is -0.684. The van der Waals surface area contributed by atoms with E-state index < -0.39 is 22.7 Å². The molecule has 1 saturated heterocycles. The molecule has 0 unspecified atom stereocenters. The number of hydrogen-bond donors (Lipinski definition) is 1. The molecule has 9 nitrogen and oxygen atoms in total.